The van der Waals surface area contributed by atoms with Gasteiger partial charge >= 0.3 is 0 Å². The Kier molecular flexibility index (Phi) is 7.84. The first-order chi connectivity index (χ1) is 20.0. The third-order valence-corrected chi connectivity index (χ3v) is 9.02. The number of aromatic amines is 1. The molecule has 3 atom stereocenters. The highest BCUT2D eigenvalue weighted by Crippen LogP contribution is 2.38. The van der Waals surface area contributed by atoms with Crippen LogP contribution in [0.1, 0.15) is 43.2 Å². The molecule has 41 heavy (non-hydrogen) atoms. The van der Waals surface area contributed by atoms with Gasteiger partial charge in [-0.15, -0.1) is 0 Å². The van der Waals surface area contributed by atoms with Crippen LogP contribution >= 0.6 is 11.6 Å². The Balaban J connectivity index is 1.13. The molecule has 7 nitrogen and oxygen atoms in total. The summed E-state index contributed by atoms with van der Waals surface area (Å²) in [5.74, 6) is 2.39. The van der Waals surface area contributed by atoms with E-state index in [9.17, 15) is 4.79 Å². The maximum Gasteiger partial charge on any atom is 0.225 e. The topological polar surface area (TPSA) is 85.2 Å². The number of carbonyl (C=O) groups excluding carboxylic acids is 1. The molecule has 1 unspecified atom stereocenters. The molecule has 2 fully saturated rings. The summed E-state index contributed by atoms with van der Waals surface area (Å²) in [6.45, 7) is 5.12. The Hall–Kier alpha value is -4.02. The standard InChI is InChI=1S/C33H34ClN5O2/c1-22(41-28-7-8-31-26(18-28)10-14-36-31)29-13-17-39(21-30(29)24-3-5-27(34)6-4-24)33(40)25-11-15-38(16-12-25)32-9-2-23(19-35)20-37-32/h2-10,14,18,20,22,25,29-30,36H,11-13,15-17,21H2,1H3/t22?,29-,30-/m1/s1. The van der Waals surface area contributed by atoms with Crippen LogP contribution in [0, 0.1) is 23.2 Å². The number of piperidine rings is 2. The zero-order chi connectivity index (χ0) is 28.3. The lowest BCUT2D eigenvalue weighted by molar-refractivity contribution is -0.138. The second kappa shape index (κ2) is 11.8. The van der Waals surface area contributed by atoms with Crippen molar-refractivity contribution in [2.24, 2.45) is 11.8 Å². The van der Waals surface area contributed by atoms with E-state index in [4.69, 9.17) is 21.6 Å². The number of ether oxygens (including phenoxy) is 1. The number of benzene rings is 2. The Morgan fingerprint density at radius 3 is 2.61 bits per heavy atom. The van der Waals surface area contributed by atoms with Crippen molar-refractivity contribution in [1.29, 1.82) is 5.26 Å². The Morgan fingerprint density at radius 2 is 1.88 bits per heavy atom. The number of nitriles is 1. The molecule has 0 spiro atoms. The molecule has 210 valence electrons. The van der Waals surface area contributed by atoms with Crippen LogP contribution in [0.15, 0.2) is 73.1 Å². The Morgan fingerprint density at radius 1 is 1.07 bits per heavy atom. The van der Waals surface area contributed by atoms with Crippen molar-refractivity contribution in [3.63, 3.8) is 0 Å². The van der Waals surface area contributed by atoms with Gasteiger partial charge in [0, 0.05) is 72.3 Å². The molecule has 2 aliphatic heterocycles. The van der Waals surface area contributed by atoms with E-state index >= 15 is 0 Å². The normalized spacial score (nSPS) is 20.5. The van der Waals surface area contributed by atoms with Gasteiger partial charge in [0.25, 0.3) is 0 Å². The average molecular weight is 568 g/mol. The Bertz CT molecular complexity index is 1540. The highest BCUT2D eigenvalue weighted by Gasteiger charge is 2.38. The zero-order valence-corrected chi connectivity index (χ0v) is 23.9. The molecule has 2 aliphatic rings. The van der Waals surface area contributed by atoms with Gasteiger partial charge in [-0.05, 0) is 80.3 Å². The number of hydrogen-bond donors (Lipinski definition) is 1. The number of H-pyrrole nitrogens is 1. The quantitative estimate of drug-likeness (QED) is 0.291. The first-order valence-corrected chi connectivity index (χ1v) is 14.8. The molecule has 2 aromatic heterocycles. The molecule has 2 aromatic carbocycles. The van der Waals surface area contributed by atoms with Crippen molar-refractivity contribution >= 4 is 34.2 Å². The SMILES string of the molecule is CC(Oc1ccc2[nH]ccc2c1)[C@H]1CCN(C(=O)C2CCN(c3ccc(C#N)cn3)CC2)C[C@@H]1c1ccc(Cl)cc1. The van der Waals surface area contributed by atoms with Crippen LogP contribution < -0.4 is 9.64 Å². The van der Waals surface area contributed by atoms with E-state index in [1.165, 1.54) is 5.56 Å². The van der Waals surface area contributed by atoms with E-state index < -0.39 is 0 Å². The van der Waals surface area contributed by atoms with Crippen molar-refractivity contribution in [3.8, 4) is 11.8 Å². The van der Waals surface area contributed by atoms with Crippen LogP contribution in [0.4, 0.5) is 5.82 Å². The van der Waals surface area contributed by atoms with Crippen LogP contribution in [0.3, 0.4) is 0 Å². The molecule has 2 saturated heterocycles. The summed E-state index contributed by atoms with van der Waals surface area (Å²) >= 11 is 6.23. The number of halogens is 1. The molecule has 0 saturated carbocycles. The number of nitrogens with one attached hydrogen (secondary N) is 1. The molecular formula is C33H34ClN5O2. The van der Waals surface area contributed by atoms with Crippen molar-refractivity contribution in [2.45, 2.75) is 38.2 Å². The molecule has 4 aromatic rings. The number of amides is 1. The lowest BCUT2D eigenvalue weighted by atomic mass is 9.77. The lowest BCUT2D eigenvalue weighted by Crippen LogP contribution is -2.49. The van der Waals surface area contributed by atoms with E-state index in [0.29, 0.717) is 17.1 Å². The summed E-state index contributed by atoms with van der Waals surface area (Å²) < 4.78 is 6.51. The number of likely N-dealkylation sites (tertiary alicyclic amines) is 1. The van der Waals surface area contributed by atoms with Crippen LogP contribution in [0.5, 0.6) is 5.75 Å². The van der Waals surface area contributed by atoms with Crippen LogP contribution in [-0.4, -0.2) is 53.1 Å². The van der Waals surface area contributed by atoms with Crippen LogP contribution in [0.25, 0.3) is 10.9 Å². The number of rotatable bonds is 6. The van der Waals surface area contributed by atoms with Gasteiger partial charge in [-0.2, -0.15) is 5.26 Å². The van der Waals surface area contributed by atoms with Gasteiger partial charge in [0.1, 0.15) is 17.6 Å². The predicted octanol–water partition coefficient (Wildman–Crippen LogP) is 6.40. The van der Waals surface area contributed by atoms with Gasteiger partial charge < -0.3 is 19.5 Å². The van der Waals surface area contributed by atoms with Crippen LogP contribution in [-0.2, 0) is 4.79 Å². The third-order valence-electron chi connectivity index (χ3n) is 8.77. The molecule has 0 aliphatic carbocycles. The summed E-state index contributed by atoms with van der Waals surface area (Å²) in [5.41, 5.74) is 2.84. The molecule has 0 bridgehead atoms. The average Bonchev–Trinajstić information content (AvgIpc) is 3.49. The third kappa shape index (κ3) is 5.89. The summed E-state index contributed by atoms with van der Waals surface area (Å²) in [6.07, 6.45) is 6.00. The molecule has 4 heterocycles. The van der Waals surface area contributed by atoms with Crippen molar-refractivity contribution < 1.29 is 9.53 Å². The van der Waals surface area contributed by atoms with Crippen molar-refractivity contribution in [3.05, 3.63) is 89.2 Å². The predicted molar refractivity (Wildman–Crippen MR) is 161 cm³/mol. The number of pyridine rings is 1. The van der Waals surface area contributed by atoms with E-state index in [-0.39, 0.29) is 29.8 Å². The molecule has 1 N–H and O–H groups in total. The summed E-state index contributed by atoms with van der Waals surface area (Å²) in [5, 5.41) is 10.9. The summed E-state index contributed by atoms with van der Waals surface area (Å²) in [7, 11) is 0. The van der Waals surface area contributed by atoms with Gasteiger partial charge in [0.05, 0.1) is 11.7 Å². The van der Waals surface area contributed by atoms with Crippen molar-refractivity contribution in [1.82, 2.24) is 14.9 Å². The van der Waals surface area contributed by atoms with E-state index in [1.54, 1.807) is 12.3 Å². The number of hydrogen-bond acceptors (Lipinski definition) is 5. The highest BCUT2D eigenvalue weighted by molar-refractivity contribution is 6.30. The molecule has 8 heteroatoms. The number of nitrogens with zero attached hydrogens (tertiary/aromatic N) is 4. The second-order valence-corrected chi connectivity index (χ2v) is 11.7. The van der Waals surface area contributed by atoms with Gasteiger partial charge in [-0.1, -0.05) is 23.7 Å². The fraction of sp³-hybridized carbons (Fsp3) is 0.364. The molecule has 6 rings (SSSR count). The smallest absolute Gasteiger partial charge is 0.225 e. The minimum absolute atomic E-state index is 0.00815. The summed E-state index contributed by atoms with van der Waals surface area (Å²) in [4.78, 5) is 25.7. The second-order valence-electron chi connectivity index (χ2n) is 11.2. The largest absolute Gasteiger partial charge is 0.490 e. The zero-order valence-electron chi connectivity index (χ0n) is 23.2. The van der Waals surface area contributed by atoms with Crippen molar-refractivity contribution in [2.75, 3.05) is 31.1 Å². The van der Waals surface area contributed by atoms with Gasteiger partial charge in [0.15, 0.2) is 0 Å². The molecule has 0 radical (unpaired) electrons. The lowest BCUT2D eigenvalue weighted by Gasteiger charge is -2.43. The molecular weight excluding hydrogens is 534 g/mol. The maximum absolute atomic E-state index is 13.8. The first kappa shape index (κ1) is 27.2. The monoisotopic (exact) mass is 567 g/mol. The van der Waals surface area contributed by atoms with E-state index in [1.807, 2.05) is 30.5 Å². The van der Waals surface area contributed by atoms with E-state index in [2.05, 4.69) is 63.1 Å². The fourth-order valence-electron chi connectivity index (χ4n) is 6.45. The summed E-state index contributed by atoms with van der Waals surface area (Å²) in [6, 6.07) is 22.1. The van der Waals surface area contributed by atoms with Gasteiger partial charge in [0.2, 0.25) is 5.91 Å². The molecule has 1 amide bonds. The fourth-order valence-corrected chi connectivity index (χ4v) is 6.58. The Labute approximate surface area is 245 Å². The van der Waals surface area contributed by atoms with Crippen LogP contribution in [0.2, 0.25) is 5.02 Å². The maximum atomic E-state index is 13.8. The number of fused-ring (bicyclic) bond motifs is 1. The highest BCUT2D eigenvalue weighted by atomic mass is 35.5. The number of carbonyl (C=O) groups is 1. The van der Waals surface area contributed by atoms with Gasteiger partial charge in [-0.25, -0.2) is 4.98 Å². The number of aromatic nitrogens is 2. The first-order valence-electron chi connectivity index (χ1n) is 14.4. The number of anilines is 1. The van der Waals surface area contributed by atoms with Gasteiger partial charge in [-0.3, -0.25) is 4.79 Å². The van der Waals surface area contributed by atoms with E-state index in [0.717, 1.165) is 61.4 Å². The minimum atomic E-state index is -0.0208. The minimum Gasteiger partial charge on any atom is -0.490 e.